The first-order valence-electron chi connectivity index (χ1n) is 8.86. The molecular weight excluding hydrogens is 308 g/mol. The molecule has 0 unspecified atom stereocenters. The Balaban J connectivity index is 1.53. The van der Waals surface area contributed by atoms with E-state index >= 15 is 0 Å². The summed E-state index contributed by atoms with van der Waals surface area (Å²) >= 11 is 0. The van der Waals surface area contributed by atoms with E-state index in [-0.39, 0.29) is 23.9 Å². The lowest BCUT2D eigenvalue weighted by molar-refractivity contribution is -0.0870. The molecule has 7 heteroatoms. The van der Waals surface area contributed by atoms with Crippen molar-refractivity contribution in [2.75, 3.05) is 13.1 Å². The topological polar surface area (TPSA) is 91.5 Å². The van der Waals surface area contributed by atoms with Crippen LogP contribution in [0.2, 0.25) is 0 Å². The molecule has 7 nitrogen and oxygen atoms in total. The molecule has 2 aliphatic rings. The van der Waals surface area contributed by atoms with Crippen LogP contribution in [-0.4, -0.2) is 44.9 Å². The van der Waals surface area contributed by atoms with Gasteiger partial charge in [0.05, 0.1) is 12.1 Å². The zero-order chi connectivity index (χ0) is 17.4. The number of aliphatic hydroxyl groups is 1. The summed E-state index contributed by atoms with van der Waals surface area (Å²) in [5.41, 5.74) is -0.766. The van der Waals surface area contributed by atoms with Crippen molar-refractivity contribution in [2.24, 2.45) is 5.92 Å². The Hall–Kier alpha value is -1.63. The van der Waals surface area contributed by atoms with E-state index in [0.29, 0.717) is 31.2 Å². The Morgan fingerprint density at radius 2 is 2.21 bits per heavy atom. The van der Waals surface area contributed by atoms with Crippen molar-refractivity contribution in [1.82, 2.24) is 20.4 Å². The lowest BCUT2D eigenvalue weighted by Gasteiger charge is -2.47. The first kappa shape index (κ1) is 17.2. The van der Waals surface area contributed by atoms with Crippen molar-refractivity contribution in [2.45, 2.75) is 70.4 Å². The molecule has 2 atom stereocenters. The molecule has 1 aromatic rings. The number of rotatable bonds is 2. The summed E-state index contributed by atoms with van der Waals surface area (Å²) in [6.45, 7) is 7.48. The molecule has 0 spiro atoms. The van der Waals surface area contributed by atoms with E-state index in [2.05, 4.69) is 15.5 Å². The van der Waals surface area contributed by atoms with Crippen LogP contribution in [0, 0.1) is 5.92 Å². The Kier molecular flexibility index (Phi) is 4.55. The zero-order valence-electron chi connectivity index (χ0n) is 14.8. The van der Waals surface area contributed by atoms with E-state index in [1.54, 1.807) is 4.90 Å². The van der Waals surface area contributed by atoms with Crippen molar-refractivity contribution in [3.05, 3.63) is 11.7 Å². The molecule has 0 aromatic carbocycles. The number of amides is 2. The number of likely N-dealkylation sites (tertiary alicyclic amines) is 1. The summed E-state index contributed by atoms with van der Waals surface area (Å²) in [5.74, 6) is 1.25. The highest BCUT2D eigenvalue weighted by molar-refractivity contribution is 5.74. The molecule has 1 aliphatic carbocycles. The molecule has 1 saturated heterocycles. The smallest absolute Gasteiger partial charge is 0.317 e. The summed E-state index contributed by atoms with van der Waals surface area (Å²) in [7, 11) is 0. The van der Waals surface area contributed by atoms with Crippen molar-refractivity contribution in [3.8, 4) is 0 Å². The number of piperidine rings is 1. The molecule has 1 aromatic heterocycles. The number of nitrogens with one attached hydrogen (secondary N) is 1. The normalized spacial score (nSPS) is 27.7. The number of carbonyl (C=O) groups excluding carboxylic acids is 1. The van der Waals surface area contributed by atoms with E-state index in [9.17, 15) is 9.90 Å². The molecule has 2 heterocycles. The summed E-state index contributed by atoms with van der Waals surface area (Å²) < 4.78 is 5.23. The van der Waals surface area contributed by atoms with Gasteiger partial charge in [0.2, 0.25) is 5.89 Å². The van der Waals surface area contributed by atoms with Gasteiger partial charge in [0.15, 0.2) is 5.82 Å². The van der Waals surface area contributed by atoms with Gasteiger partial charge in [-0.1, -0.05) is 38.8 Å². The van der Waals surface area contributed by atoms with Crippen molar-refractivity contribution < 1.29 is 14.4 Å². The zero-order valence-corrected chi connectivity index (χ0v) is 14.8. The van der Waals surface area contributed by atoms with Gasteiger partial charge in [0, 0.05) is 24.4 Å². The predicted molar refractivity (Wildman–Crippen MR) is 88.3 cm³/mol. The Bertz CT molecular complexity index is 595. The third-order valence-corrected chi connectivity index (χ3v) is 5.22. The van der Waals surface area contributed by atoms with Crippen LogP contribution in [0.5, 0.6) is 0 Å². The number of carbonyl (C=O) groups is 1. The van der Waals surface area contributed by atoms with Gasteiger partial charge in [-0.2, -0.15) is 4.98 Å². The average Bonchev–Trinajstić information content (AvgIpc) is 3.01. The van der Waals surface area contributed by atoms with Crippen LogP contribution >= 0.6 is 0 Å². The number of hydrogen-bond acceptors (Lipinski definition) is 5. The largest absolute Gasteiger partial charge is 0.389 e. The molecule has 1 aliphatic heterocycles. The highest BCUT2D eigenvalue weighted by atomic mass is 16.5. The molecular formula is C17H28N4O3. The van der Waals surface area contributed by atoms with E-state index < -0.39 is 5.60 Å². The predicted octanol–water partition coefficient (Wildman–Crippen LogP) is 2.20. The fraction of sp³-hybridized carbons (Fsp3) is 0.824. The van der Waals surface area contributed by atoms with Gasteiger partial charge in [-0.3, -0.25) is 0 Å². The summed E-state index contributed by atoms with van der Waals surface area (Å²) in [5, 5.41) is 17.5. The number of fused-ring (bicyclic) bond motifs is 1. The quantitative estimate of drug-likeness (QED) is 0.864. The Labute approximate surface area is 142 Å². The van der Waals surface area contributed by atoms with Gasteiger partial charge < -0.3 is 19.8 Å². The van der Waals surface area contributed by atoms with Gasteiger partial charge in [0.25, 0.3) is 0 Å². The molecule has 1 saturated carbocycles. The Morgan fingerprint density at radius 3 is 2.92 bits per heavy atom. The number of hydrogen-bond donors (Lipinski definition) is 2. The van der Waals surface area contributed by atoms with Crippen LogP contribution in [0.4, 0.5) is 4.79 Å². The third-order valence-electron chi connectivity index (χ3n) is 5.22. The van der Waals surface area contributed by atoms with Gasteiger partial charge in [-0.15, -0.1) is 0 Å². The monoisotopic (exact) mass is 336 g/mol. The summed E-state index contributed by atoms with van der Waals surface area (Å²) in [6.07, 6.45) is 4.76. The minimum atomic E-state index is -0.565. The molecule has 0 bridgehead atoms. The van der Waals surface area contributed by atoms with Crippen LogP contribution in [-0.2, 0) is 12.0 Å². The average molecular weight is 336 g/mol. The van der Waals surface area contributed by atoms with Crippen LogP contribution in [0.25, 0.3) is 0 Å². The van der Waals surface area contributed by atoms with Gasteiger partial charge in [-0.25, -0.2) is 4.79 Å². The van der Waals surface area contributed by atoms with Gasteiger partial charge in [-0.05, 0) is 19.3 Å². The molecule has 0 radical (unpaired) electrons. The first-order valence-corrected chi connectivity index (χ1v) is 8.86. The molecule has 134 valence electrons. The number of aromatic nitrogens is 2. The minimum Gasteiger partial charge on any atom is -0.389 e. The standard InChI is InChI=1S/C17H28N4O3/c1-16(2,3)14-19-13(20-24-14)10-18-15(22)21-9-8-17(23)7-5-4-6-12(17)11-21/h12,23H,4-11H2,1-3H3,(H,18,22)/t12-,17+/m0/s1. The van der Waals surface area contributed by atoms with E-state index in [1.165, 1.54) is 0 Å². The lowest BCUT2D eigenvalue weighted by atomic mass is 9.71. The highest BCUT2D eigenvalue weighted by Gasteiger charge is 2.43. The second-order valence-corrected chi connectivity index (χ2v) is 8.17. The second-order valence-electron chi connectivity index (χ2n) is 8.17. The van der Waals surface area contributed by atoms with Gasteiger partial charge >= 0.3 is 6.03 Å². The van der Waals surface area contributed by atoms with E-state index in [4.69, 9.17) is 4.52 Å². The van der Waals surface area contributed by atoms with Gasteiger partial charge in [0.1, 0.15) is 0 Å². The van der Waals surface area contributed by atoms with E-state index in [1.807, 2.05) is 20.8 Å². The van der Waals surface area contributed by atoms with Crippen LogP contribution in [0.15, 0.2) is 4.52 Å². The molecule has 24 heavy (non-hydrogen) atoms. The maximum atomic E-state index is 12.4. The van der Waals surface area contributed by atoms with Crippen molar-refractivity contribution in [1.29, 1.82) is 0 Å². The van der Waals surface area contributed by atoms with Crippen molar-refractivity contribution >= 4 is 6.03 Å². The lowest BCUT2D eigenvalue weighted by Crippen LogP contribution is -2.56. The maximum Gasteiger partial charge on any atom is 0.317 e. The SMILES string of the molecule is CC(C)(C)c1nc(CNC(=O)N2CC[C@]3(O)CCCC[C@H]3C2)no1. The maximum absolute atomic E-state index is 12.4. The fourth-order valence-electron chi connectivity index (χ4n) is 3.65. The summed E-state index contributed by atoms with van der Waals surface area (Å²) in [4.78, 5) is 18.5. The number of nitrogens with zero attached hydrogens (tertiary/aromatic N) is 3. The number of urea groups is 1. The molecule has 2 fully saturated rings. The fourth-order valence-corrected chi connectivity index (χ4v) is 3.65. The molecule has 3 rings (SSSR count). The first-order chi connectivity index (χ1) is 11.3. The van der Waals surface area contributed by atoms with Crippen LogP contribution < -0.4 is 5.32 Å². The summed E-state index contributed by atoms with van der Waals surface area (Å²) in [6, 6.07) is -0.121. The van der Waals surface area contributed by atoms with Crippen LogP contribution in [0.1, 0.15) is 64.6 Å². The Morgan fingerprint density at radius 1 is 1.42 bits per heavy atom. The van der Waals surface area contributed by atoms with Crippen LogP contribution in [0.3, 0.4) is 0 Å². The minimum absolute atomic E-state index is 0.121. The molecule has 2 N–H and O–H groups in total. The second kappa shape index (κ2) is 6.35. The van der Waals surface area contributed by atoms with E-state index in [0.717, 1.165) is 25.7 Å². The van der Waals surface area contributed by atoms with Crippen molar-refractivity contribution in [3.63, 3.8) is 0 Å². The third kappa shape index (κ3) is 3.55. The molecule has 2 amide bonds. The highest BCUT2D eigenvalue weighted by Crippen LogP contribution is 2.39.